The Kier molecular flexibility index (Phi) is 4.68. The predicted molar refractivity (Wildman–Crippen MR) is 79.5 cm³/mol. The second kappa shape index (κ2) is 6.48. The first-order valence-electron chi connectivity index (χ1n) is 6.53. The van der Waals surface area contributed by atoms with Crippen LogP contribution in [-0.4, -0.2) is 11.1 Å². The fraction of sp³-hybridized carbons (Fsp3) is 0.333. The summed E-state index contributed by atoms with van der Waals surface area (Å²) in [5, 5.41) is 2.55. The maximum Gasteiger partial charge on any atom is 0.294 e. The highest BCUT2D eigenvalue weighted by Gasteiger charge is 2.22. The Morgan fingerprint density at radius 2 is 2.00 bits per heavy atom. The normalized spacial score (nSPS) is 16.6. The molecule has 1 aromatic rings. The molecular formula is C15H17NO2S. The van der Waals surface area contributed by atoms with Crippen LogP contribution in [0, 0.1) is 0 Å². The van der Waals surface area contributed by atoms with Crippen LogP contribution in [0.2, 0.25) is 0 Å². The molecule has 1 N–H and O–H groups in total. The fourth-order valence-electron chi connectivity index (χ4n) is 1.93. The van der Waals surface area contributed by atoms with Gasteiger partial charge in [-0.2, -0.15) is 0 Å². The van der Waals surface area contributed by atoms with Crippen LogP contribution in [0.15, 0.2) is 30.0 Å². The van der Waals surface area contributed by atoms with E-state index < -0.39 is 0 Å². The van der Waals surface area contributed by atoms with Crippen LogP contribution in [0.3, 0.4) is 0 Å². The Labute approximate surface area is 118 Å². The fourth-order valence-corrected chi connectivity index (χ4v) is 2.11. The number of benzene rings is 1. The Bertz CT molecular complexity index is 505. The number of nitrogens with one attached hydrogen (secondary N) is 1. The van der Waals surface area contributed by atoms with Gasteiger partial charge in [-0.1, -0.05) is 44.0 Å². The highest BCUT2D eigenvalue weighted by atomic mass is 32.1. The number of amides is 1. The molecule has 1 aliphatic heterocycles. The minimum Gasteiger partial charge on any atom is -0.426 e. The van der Waals surface area contributed by atoms with Crippen LogP contribution < -0.4 is 5.32 Å². The molecule has 0 unspecified atom stereocenters. The highest BCUT2D eigenvalue weighted by Crippen LogP contribution is 2.14. The van der Waals surface area contributed by atoms with Crippen molar-refractivity contribution >= 4 is 29.4 Å². The van der Waals surface area contributed by atoms with Crippen molar-refractivity contribution in [1.82, 2.24) is 5.32 Å². The first-order valence-corrected chi connectivity index (χ1v) is 6.93. The molecule has 19 heavy (non-hydrogen) atoms. The maximum absolute atomic E-state index is 11.4. The molecule has 0 bridgehead atoms. The third-order valence-corrected chi connectivity index (χ3v) is 3.17. The number of hydrogen-bond donors (Lipinski definition) is 1. The van der Waals surface area contributed by atoms with Crippen LogP contribution in [-0.2, 0) is 16.0 Å². The molecule has 1 fully saturated rings. The average Bonchev–Trinajstić information content (AvgIpc) is 2.70. The van der Waals surface area contributed by atoms with E-state index in [1.54, 1.807) is 6.08 Å². The molecule has 4 heteroatoms. The standard InChI is InChI=1S/C15H17NO2S/c1-2-3-4-5-11-6-8-12(9-7-11)10-13-14(17)16-15(19)18-13/h6-10H,2-5H2,1H3,(H,16,17,19). The smallest absolute Gasteiger partial charge is 0.294 e. The van der Waals surface area contributed by atoms with Crippen LogP contribution in [0.1, 0.15) is 37.3 Å². The average molecular weight is 275 g/mol. The van der Waals surface area contributed by atoms with E-state index in [1.807, 2.05) is 12.1 Å². The van der Waals surface area contributed by atoms with Gasteiger partial charge in [-0.15, -0.1) is 0 Å². The molecule has 0 aliphatic carbocycles. The van der Waals surface area contributed by atoms with Gasteiger partial charge in [0.05, 0.1) is 0 Å². The zero-order valence-corrected chi connectivity index (χ0v) is 11.8. The Morgan fingerprint density at radius 1 is 1.26 bits per heavy atom. The second-order valence-corrected chi connectivity index (χ2v) is 4.92. The summed E-state index contributed by atoms with van der Waals surface area (Å²) in [4.78, 5) is 11.4. The summed E-state index contributed by atoms with van der Waals surface area (Å²) >= 11 is 4.77. The van der Waals surface area contributed by atoms with E-state index >= 15 is 0 Å². The van der Waals surface area contributed by atoms with Gasteiger partial charge >= 0.3 is 0 Å². The zero-order chi connectivity index (χ0) is 13.7. The maximum atomic E-state index is 11.4. The van der Waals surface area contributed by atoms with E-state index in [0.29, 0.717) is 0 Å². The van der Waals surface area contributed by atoms with Crippen LogP contribution in [0.4, 0.5) is 0 Å². The molecule has 1 aromatic carbocycles. The van der Waals surface area contributed by atoms with Gasteiger partial charge in [0.15, 0.2) is 5.76 Å². The Hall–Kier alpha value is -1.68. The number of aryl methyl sites for hydroxylation is 1. The third-order valence-electron chi connectivity index (χ3n) is 2.99. The summed E-state index contributed by atoms with van der Waals surface area (Å²) in [5.41, 5.74) is 2.26. The SMILES string of the molecule is CCCCCc1ccc(C=C2OC(=S)NC2=O)cc1. The van der Waals surface area contributed by atoms with E-state index in [-0.39, 0.29) is 16.8 Å². The van der Waals surface area contributed by atoms with Crippen molar-refractivity contribution in [3.63, 3.8) is 0 Å². The topological polar surface area (TPSA) is 38.3 Å². The molecule has 0 aromatic heterocycles. The van der Waals surface area contributed by atoms with E-state index in [0.717, 1.165) is 12.0 Å². The number of rotatable bonds is 5. The highest BCUT2D eigenvalue weighted by molar-refractivity contribution is 7.80. The lowest BCUT2D eigenvalue weighted by molar-refractivity contribution is -0.116. The summed E-state index contributed by atoms with van der Waals surface area (Å²) in [6.45, 7) is 2.20. The molecule has 0 radical (unpaired) electrons. The molecule has 3 nitrogen and oxygen atoms in total. The van der Waals surface area contributed by atoms with Crippen molar-refractivity contribution in [3.8, 4) is 0 Å². The summed E-state index contributed by atoms with van der Waals surface area (Å²) in [7, 11) is 0. The minimum atomic E-state index is -0.281. The van der Waals surface area contributed by atoms with Gasteiger partial charge in [0.2, 0.25) is 0 Å². The zero-order valence-electron chi connectivity index (χ0n) is 10.9. The van der Waals surface area contributed by atoms with E-state index in [1.165, 1.54) is 24.8 Å². The second-order valence-electron chi connectivity index (χ2n) is 4.55. The van der Waals surface area contributed by atoms with Crippen molar-refractivity contribution < 1.29 is 9.53 Å². The van der Waals surface area contributed by atoms with Crippen molar-refractivity contribution in [2.75, 3.05) is 0 Å². The molecule has 2 rings (SSSR count). The van der Waals surface area contributed by atoms with Crippen LogP contribution in [0.25, 0.3) is 6.08 Å². The third kappa shape index (κ3) is 3.89. The molecular weight excluding hydrogens is 258 g/mol. The molecule has 1 heterocycles. The Morgan fingerprint density at radius 3 is 2.58 bits per heavy atom. The number of unbranched alkanes of at least 4 members (excludes halogenated alkanes) is 2. The molecule has 1 aliphatic rings. The molecule has 0 atom stereocenters. The lowest BCUT2D eigenvalue weighted by Gasteiger charge is -2.01. The van der Waals surface area contributed by atoms with Crippen LogP contribution >= 0.6 is 12.2 Å². The monoisotopic (exact) mass is 275 g/mol. The van der Waals surface area contributed by atoms with Crippen molar-refractivity contribution in [2.24, 2.45) is 0 Å². The summed E-state index contributed by atoms with van der Waals surface area (Å²) in [5.74, 6) is -0.0271. The van der Waals surface area contributed by atoms with Gasteiger partial charge < -0.3 is 4.74 Å². The molecule has 1 amide bonds. The number of carbonyl (C=O) groups is 1. The van der Waals surface area contributed by atoms with E-state index in [4.69, 9.17) is 17.0 Å². The summed E-state index contributed by atoms with van der Waals surface area (Å²) in [6.07, 6.45) is 6.51. The molecule has 1 saturated heterocycles. The molecule has 0 spiro atoms. The summed E-state index contributed by atoms with van der Waals surface area (Å²) in [6, 6.07) is 8.17. The van der Waals surface area contributed by atoms with E-state index in [9.17, 15) is 4.79 Å². The molecule has 0 saturated carbocycles. The number of ether oxygens (including phenoxy) is 1. The van der Waals surface area contributed by atoms with Crippen molar-refractivity contribution in [2.45, 2.75) is 32.6 Å². The van der Waals surface area contributed by atoms with Gasteiger partial charge in [0, 0.05) is 0 Å². The first-order chi connectivity index (χ1) is 9.19. The molecule has 100 valence electrons. The lowest BCUT2D eigenvalue weighted by Crippen LogP contribution is -2.18. The number of hydrogen-bond acceptors (Lipinski definition) is 3. The minimum absolute atomic E-state index is 0.118. The predicted octanol–water partition coefficient (Wildman–Crippen LogP) is 3.19. The first kappa shape index (κ1) is 13.7. The number of carbonyl (C=O) groups excluding carboxylic acids is 1. The van der Waals surface area contributed by atoms with Gasteiger partial charge in [0.1, 0.15) is 0 Å². The Balaban J connectivity index is 2.00. The quantitative estimate of drug-likeness (QED) is 0.509. The van der Waals surface area contributed by atoms with Crippen molar-refractivity contribution in [3.05, 3.63) is 41.2 Å². The van der Waals surface area contributed by atoms with Gasteiger partial charge in [-0.05, 0) is 42.3 Å². The van der Waals surface area contributed by atoms with Gasteiger partial charge in [-0.3, -0.25) is 10.1 Å². The van der Waals surface area contributed by atoms with E-state index in [2.05, 4.69) is 24.4 Å². The van der Waals surface area contributed by atoms with Crippen LogP contribution in [0.5, 0.6) is 0 Å². The number of thiocarbonyl (C=S) groups is 1. The van der Waals surface area contributed by atoms with Gasteiger partial charge in [-0.25, -0.2) is 0 Å². The largest absolute Gasteiger partial charge is 0.426 e. The van der Waals surface area contributed by atoms with Gasteiger partial charge in [0.25, 0.3) is 11.1 Å². The van der Waals surface area contributed by atoms with Crippen molar-refractivity contribution in [1.29, 1.82) is 0 Å². The lowest BCUT2D eigenvalue weighted by atomic mass is 10.1. The summed E-state index contributed by atoms with van der Waals surface area (Å²) < 4.78 is 5.12.